The van der Waals surface area contributed by atoms with Gasteiger partial charge in [-0.1, -0.05) is 18.2 Å². The maximum atomic E-state index is 12.7. The number of carbonyl (C=O) groups excluding carboxylic acids is 3. The summed E-state index contributed by atoms with van der Waals surface area (Å²) in [6, 6.07) is 10.5. The highest BCUT2D eigenvalue weighted by Gasteiger charge is 2.35. The molecule has 2 aromatic rings. The molecule has 1 heterocycles. The number of nitro benzene ring substituents is 1. The second-order valence-electron chi connectivity index (χ2n) is 6.42. The van der Waals surface area contributed by atoms with Crippen LogP contribution < -0.4 is 9.47 Å². The molecule has 1 fully saturated rings. The minimum Gasteiger partial charge on any atom is -0.490 e. The van der Waals surface area contributed by atoms with Crippen LogP contribution >= 0.6 is 11.8 Å². The molecule has 1 saturated heterocycles. The Morgan fingerprint density at radius 3 is 2.48 bits per heavy atom. The predicted molar refractivity (Wildman–Crippen MR) is 114 cm³/mol. The maximum absolute atomic E-state index is 12.7. The number of esters is 1. The van der Waals surface area contributed by atoms with Gasteiger partial charge in [0, 0.05) is 19.1 Å². The predicted octanol–water partition coefficient (Wildman–Crippen LogP) is 4.16. The first kappa shape index (κ1) is 22.0. The quantitative estimate of drug-likeness (QED) is 0.206. The van der Waals surface area contributed by atoms with Crippen LogP contribution in [0.15, 0.2) is 47.4 Å². The number of hydrogen-bond acceptors (Lipinski definition) is 8. The smallest absolute Gasteiger partial charge is 0.308 e. The van der Waals surface area contributed by atoms with Crippen molar-refractivity contribution in [2.75, 3.05) is 6.61 Å². The molecule has 1 aliphatic rings. The largest absolute Gasteiger partial charge is 0.490 e. The zero-order valence-electron chi connectivity index (χ0n) is 16.7. The van der Waals surface area contributed by atoms with Crippen LogP contribution in [0, 0.1) is 10.1 Å². The van der Waals surface area contributed by atoms with Crippen molar-refractivity contribution < 1.29 is 28.8 Å². The van der Waals surface area contributed by atoms with Crippen LogP contribution in [0.1, 0.15) is 25.0 Å². The second-order valence-corrected chi connectivity index (χ2v) is 7.42. The zero-order valence-corrected chi connectivity index (χ0v) is 17.5. The summed E-state index contributed by atoms with van der Waals surface area (Å²) in [5.74, 6) is -0.342. The molecule has 0 spiro atoms. The van der Waals surface area contributed by atoms with Gasteiger partial charge in [-0.2, -0.15) is 0 Å². The third-order valence-electron chi connectivity index (χ3n) is 4.18. The van der Waals surface area contributed by atoms with E-state index < -0.39 is 22.0 Å². The van der Waals surface area contributed by atoms with Gasteiger partial charge in [-0.25, -0.2) is 0 Å². The SMILES string of the molecule is CCOc1cc(/C=C2/SC(=O)N(Cc3ccc([N+](=O)[O-])cc3)C2=O)ccc1OC(C)=O. The van der Waals surface area contributed by atoms with Crippen LogP contribution in [0.2, 0.25) is 0 Å². The van der Waals surface area contributed by atoms with Crippen LogP contribution in [-0.4, -0.2) is 33.5 Å². The van der Waals surface area contributed by atoms with Crippen LogP contribution in [0.25, 0.3) is 6.08 Å². The summed E-state index contributed by atoms with van der Waals surface area (Å²) in [7, 11) is 0. The van der Waals surface area contributed by atoms with Crippen LogP contribution in [0.5, 0.6) is 11.5 Å². The van der Waals surface area contributed by atoms with Crippen molar-refractivity contribution in [2.45, 2.75) is 20.4 Å². The summed E-state index contributed by atoms with van der Waals surface area (Å²) in [5, 5.41) is 10.3. The summed E-state index contributed by atoms with van der Waals surface area (Å²) in [6.45, 7) is 3.43. The van der Waals surface area contributed by atoms with Gasteiger partial charge in [0.05, 0.1) is 23.0 Å². The summed E-state index contributed by atoms with van der Waals surface area (Å²) >= 11 is 0.802. The van der Waals surface area contributed by atoms with Crippen molar-refractivity contribution in [3.63, 3.8) is 0 Å². The molecule has 0 atom stereocenters. The van der Waals surface area contributed by atoms with Gasteiger partial charge >= 0.3 is 5.97 Å². The third kappa shape index (κ3) is 5.28. The second kappa shape index (κ2) is 9.43. The van der Waals surface area contributed by atoms with E-state index in [9.17, 15) is 24.5 Å². The molecule has 2 amide bonds. The molecule has 0 aromatic heterocycles. The molecule has 160 valence electrons. The van der Waals surface area contributed by atoms with Crippen molar-refractivity contribution >= 4 is 40.6 Å². The molecule has 0 saturated carbocycles. The molecule has 1 aliphatic heterocycles. The van der Waals surface area contributed by atoms with Gasteiger partial charge < -0.3 is 9.47 Å². The molecule has 9 nitrogen and oxygen atoms in total. The first-order chi connectivity index (χ1) is 14.8. The highest BCUT2D eigenvalue weighted by molar-refractivity contribution is 8.18. The summed E-state index contributed by atoms with van der Waals surface area (Å²) in [4.78, 5) is 47.9. The third-order valence-corrected chi connectivity index (χ3v) is 5.09. The van der Waals surface area contributed by atoms with E-state index in [4.69, 9.17) is 9.47 Å². The zero-order chi connectivity index (χ0) is 22.5. The standard InChI is InChI=1S/C21H18N2O7S/c1-3-29-18-10-15(6-9-17(18)30-13(2)24)11-19-20(25)22(21(26)31-19)12-14-4-7-16(8-5-14)23(27)28/h4-11H,3,12H2,1-2H3/b19-11+. The Labute approximate surface area is 181 Å². The van der Waals surface area contributed by atoms with E-state index in [0.717, 1.165) is 16.7 Å². The van der Waals surface area contributed by atoms with E-state index in [-0.39, 0.29) is 22.9 Å². The van der Waals surface area contributed by atoms with Crippen LogP contribution in [0.4, 0.5) is 10.5 Å². The van der Waals surface area contributed by atoms with Crippen molar-refractivity contribution in [2.24, 2.45) is 0 Å². The van der Waals surface area contributed by atoms with E-state index in [2.05, 4.69) is 0 Å². The molecule has 0 unspecified atom stereocenters. The van der Waals surface area contributed by atoms with Gasteiger partial charge in [-0.05, 0) is 48.0 Å². The van der Waals surface area contributed by atoms with Gasteiger partial charge in [0.15, 0.2) is 11.5 Å². The van der Waals surface area contributed by atoms with Gasteiger partial charge in [0.25, 0.3) is 16.8 Å². The van der Waals surface area contributed by atoms with Crippen molar-refractivity contribution in [3.8, 4) is 11.5 Å². The Kier molecular flexibility index (Phi) is 6.71. The number of nitro groups is 1. The van der Waals surface area contributed by atoms with Gasteiger partial charge in [-0.3, -0.25) is 29.4 Å². The minimum atomic E-state index is -0.518. The average Bonchev–Trinajstić information content (AvgIpc) is 2.97. The molecule has 31 heavy (non-hydrogen) atoms. The fourth-order valence-corrected chi connectivity index (χ4v) is 3.65. The number of carbonyl (C=O) groups is 3. The molecular formula is C21H18N2O7S. The van der Waals surface area contributed by atoms with Crippen molar-refractivity contribution in [1.29, 1.82) is 0 Å². The Hall–Kier alpha value is -3.66. The van der Waals surface area contributed by atoms with Gasteiger partial charge in [-0.15, -0.1) is 0 Å². The number of ether oxygens (including phenoxy) is 2. The Balaban J connectivity index is 1.80. The number of nitrogens with zero attached hydrogens (tertiary/aromatic N) is 2. The summed E-state index contributed by atoms with van der Waals surface area (Å²) in [5.41, 5.74) is 1.12. The number of amides is 2. The number of non-ortho nitro benzene ring substituents is 1. The minimum absolute atomic E-state index is 0.00951. The monoisotopic (exact) mass is 442 g/mol. The molecule has 10 heteroatoms. The number of benzene rings is 2. The fourth-order valence-electron chi connectivity index (χ4n) is 2.82. The number of imide groups is 1. The Morgan fingerprint density at radius 1 is 1.16 bits per heavy atom. The molecule has 3 rings (SSSR count). The number of thioether (sulfide) groups is 1. The molecule has 0 radical (unpaired) electrons. The van der Waals surface area contributed by atoms with Crippen molar-refractivity contribution in [3.05, 3.63) is 68.6 Å². The van der Waals surface area contributed by atoms with E-state index in [0.29, 0.717) is 23.5 Å². The van der Waals surface area contributed by atoms with Crippen LogP contribution in [-0.2, 0) is 16.1 Å². The maximum Gasteiger partial charge on any atom is 0.308 e. The van der Waals surface area contributed by atoms with Gasteiger partial charge in [0.1, 0.15) is 0 Å². The molecule has 0 aliphatic carbocycles. The number of rotatable bonds is 7. The molecule has 0 N–H and O–H groups in total. The highest BCUT2D eigenvalue weighted by Crippen LogP contribution is 2.35. The Bertz CT molecular complexity index is 1080. The first-order valence-electron chi connectivity index (χ1n) is 9.22. The fraction of sp³-hybridized carbons (Fsp3) is 0.190. The average molecular weight is 442 g/mol. The lowest BCUT2D eigenvalue weighted by molar-refractivity contribution is -0.384. The lowest BCUT2D eigenvalue weighted by Crippen LogP contribution is -2.27. The van der Waals surface area contributed by atoms with E-state index >= 15 is 0 Å². The van der Waals surface area contributed by atoms with Gasteiger partial charge in [0.2, 0.25) is 0 Å². The normalized spacial score (nSPS) is 14.8. The van der Waals surface area contributed by atoms with Crippen molar-refractivity contribution in [1.82, 2.24) is 4.90 Å². The van der Waals surface area contributed by atoms with E-state index in [1.165, 1.54) is 31.2 Å². The van der Waals surface area contributed by atoms with E-state index in [1.807, 2.05) is 0 Å². The van der Waals surface area contributed by atoms with Crippen LogP contribution in [0.3, 0.4) is 0 Å². The molecule has 2 aromatic carbocycles. The molecule has 0 bridgehead atoms. The summed E-state index contributed by atoms with van der Waals surface area (Å²) in [6.07, 6.45) is 1.56. The lowest BCUT2D eigenvalue weighted by Gasteiger charge is -2.12. The summed E-state index contributed by atoms with van der Waals surface area (Å²) < 4.78 is 10.6. The lowest BCUT2D eigenvalue weighted by atomic mass is 10.1. The Morgan fingerprint density at radius 2 is 1.87 bits per heavy atom. The topological polar surface area (TPSA) is 116 Å². The van der Waals surface area contributed by atoms with E-state index in [1.54, 1.807) is 31.2 Å². The first-order valence-corrected chi connectivity index (χ1v) is 10.0. The molecular weight excluding hydrogens is 424 g/mol. The number of hydrogen-bond donors (Lipinski definition) is 0. The highest BCUT2D eigenvalue weighted by atomic mass is 32.2.